The van der Waals surface area contributed by atoms with Crippen LogP contribution in [0.15, 0.2) is 17.3 Å². The average Bonchev–Trinajstić information content (AvgIpc) is 2.49. The molecule has 3 heteroatoms. The van der Waals surface area contributed by atoms with Gasteiger partial charge in [-0.05, 0) is 37.2 Å². The van der Waals surface area contributed by atoms with Crippen LogP contribution in [0.1, 0.15) is 40.7 Å². The van der Waals surface area contributed by atoms with Crippen molar-refractivity contribution in [3.63, 3.8) is 0 Å². The van der Waals surface area contributed by atoms with E-state index in [0.29, 0.717) is 10.8 Å². The monoisotopic (exact) mass is 228 g/mol. The molecule has 0 atom stereocenters. The number of hydrogen-bond donors (Lipinski definition) is 0. The molecule has 1 rings (SSSR count). The Balaban J connectivity index is 3.06. The van der Waals surface area contributed by atoms with E-state index in [9.17, 15) is 0 Å². The molecule has 0 bridgehead atoms. The predicted molar refractivity (Wildman–Crippen MR) is 70.1 cm³/mol. The molecule has 0 amide bonds. The fourth-order valence-corrected chi connectivity index (χ4v) is 2.52. The van der Waals surface area contributed by atoms with E-state index in [4.69, 9.17) is 5.10 Å². The zero-order valence-electron chi connectivity index (χ0n) is 11.0. The first-order chi connectivity index (χ1) is 6.66. The van der Waals surface area contributed by atoms with Crippen molar-refractivity contribution in [1.29, 1.82) is 0 Å². The molecule has 2 nitrogen and oxygen atoms in total. The van der Waals surface area contributed by atoms with Crippen LogP contribution in [0.3, 0.4) is 0 Å². The van der Waals surface area contributed by atoms with Crippen molar-refractivity contribution in [2.24, 2.45) is 0 Å². The van der Waals surface area contributed by atoms with Crippen LogP contribution in [-0.2, 0) is 0 Å². The van der Waals surface area contributed by atoms with Gasteiger partial charge < -0.3 is 0 Å². The minimum Gasteiger partial charge on any atom is -0.269 e. The Morgan fingerprint density at radius 3 is 2.13 bits per heavy atom. The fourth-order valence-electron chi connectivity index (χ4n) is 1.19. The highest BCUT2D eigenvalue weighted by molar-refractivity contribution is 8.33. The number of nitrogens with zero attached hydrogens (tertiary/aromatic N) is 2. The Labute approximate surface area is 95.4 Å². The summed E-state index contributed by atoms with van der Waals surface area (Å²) in [5, 5.41) is 5.97. The van der Waals surface area contributed by atoms with E-state index in [2.05, 4.69) is 64.1 Å². The Morgan fingerprint density at radius 1 is 1.27 bits per heavy atom. The smallest absolute Gasteiger partial charge is 0.101 e. The molecule has 0 saturated heterocycles. The standard InChI is InChI=1S/C12H24N2S/c1-10(2)14-9-8-11(13-14)15(6,7)12(3,4)5/h8-10H,1-7H3. The molecule has 15 heavy (non-hydrogen) atoms. The van der Waals surface area contributed by atoms with Crippen molar-refractivity contribution in [3.05, 3.63) is 12.3 Å². The van der Waals surface area contributed by atoms with Gasteiger partial charge in [0.2, 0.25) is 0 Å². The van der Waals surface area contributed by atoms with E-state index >= 15 is 0 Å². The molecule has 1 heterocycles. The third kappa shape index (κ3) is 2.39. The fraction of sp³-hybridized carbons (Fsp3) is 0.750. The molecule has 0 aromatic carbocycles. The summed E-state index contributed by atoms with van der Waals surface area (Å²) in [6.07, 6.45) is 6.79. The van der Waals surface area contributed by atoms with Crippen molar-refractivity contribution in [2.45, 2.75) is 50.4 Å². The van der Waals surface area contributed by atoms with Gasteiger partial charge in [0, 0.05) is 12.2 Å². The van der Waals surface area contributed by atoms with Crippen LogP contribution in [-0.4, -0.2) is 27.0 Å². The molecule has 0 aliphatic carbocycles. The lowest BCUT2D eigenvalue weighted by Gasteiger charge is -2.42. The summed E-state index contributed by atoms with van der Waals surface area (Å²) in [6, 6.07) is 2.63. The van der Waals surface area contributed by atoms with Gasteiger partial charge in [0.1, 0.15) is 5.03 Å². The Morgan fingerprint density at radius 2 is 1.80 bits per heavy atom. The first-order valence-electron chi connectivity index (χ1n) is 5.44. The second kappa shape index (κ2) is 3.85. The van der Waals surface area contributed by atoms with Gasteiger partial charge >= 0.3 is 0 Å². The zero-order valence-corrected chi connectivity index (χ0v) is 11.9. The van der Waals surface area contributed by atoms with Crippen molar-refractivity contribution in [2.75, 3.05) is 12.5 Å². The van der Waals surface area contributed by atoms with E-state index < -0.39 is 10.0 Å². The van der Waals surface area contributed by atoms with Gasteiger partial charge in [-0.3, -0.25) is 4.68 Å². The minimum atomic E-state index is -0.821. The highest BCUT2D eigenvalue weighted by Gasteiger charge is 2.31. The van der Waals surface area contributed by atoms with Gasteiger partial charge in [-0.1, -0.05) is 20.8 Å². The Bertz CT molecular complexity index is 332. The van der Waals surface area contributed by atoms with Crippen LogP contribution < -0.4 is 0 Å². The van der Waals surface area contributed by atoms with E-state index in [1.54, 1.807) is 0 Å². The lowest BCUT2D eigenvalue weighted by Crippen LogP contribution is -2.23. The highest BCUT2D eigenvalue weighted by atomic mass is 32.3. The summed E-state index contributed by atoms with van der Waals surface area (Å²) >= 11 is 0. The van der Waals surface area contributed by atoms with Gasteiger partial charge in [-0.25, -0.2) is 0 Å². The number of rotatable bonds is 2. The maximum atomic E-state index is 4.70. The topological polar surface area (TPSA) is 17.8 Å². The third-order valence-corrected chi connectivity index (χ3v) is 7.49. The van der Waals surface area contributed by atoms with Crippen LogP contribution in [0, 0.1) is 0 Å². The summed E-state index contributed by atoms with van der Waals surface area (Å²) in [4.78, 5) is 0. The predicted octanol–water partition coefficient (Wildman–Crippen LogP) is 3.69. The van der Waals surface area contributed by atoms with Crippen LogP contribution in [0.2, 0.25) is 0 Å². The number of hydrogen-bond acceptors (Lipinski definition) is 1. The molecule has 0 fully saturated rings. The van der Waals surface area contributed by atoms with Crippen molar-refractivity contribution < 1.29 is 0 Å². The molecule has 1 aromatic rings. The average molecular weight is 228 g/mol. The van der Waals surface area contributed by atoms with Crippen LogP contribution in [0.25, 0.3) is 0 Å². The summed E-state index contributed by atoms with van der Waals surface area (Å²) in [5.74, 6) is 0. The third-order valence-electron chi connectivity index (χ3n) is 3.17. The molecule has 0 radical (unpaired) electrons. The molecule has 88 valence electrons. The van der Waals surface area contributed by atoms with Crippen molar-refractivity contribution in [1.82, 2.24) is 9.78 Å². The van der Waals surface area contributed by atoms with Gasteiger partial charge in [0.05, 0.1) is 0 Å². The molecular formula is C12H24N2S. The SMILES string of the molecule is CC(C)n1ccc(S(C)(C)C(C)(C)C)n1. The first kappa shape index (κ1) is 12.6. The largest absolute Gasteiger partial charge is 0.269 e. The quantitative estimate of drug-likeness (QED) is 0.755. The van der Waals surface area contributed by atoms with E-state index in [0.717, 1.165) is 0 Å². The maximum absolute atomic E-state index is 4.70. The van der Waals surface area contributed by atoms with E-state index in [1.165, 1.54) is 5.03 Å². The summed E-state index contributed by atoms with van der Waals surface area (Å²) in [5.41, 5.74) is 0. The molecule has 0 unspecified atom stereocenters. The Kier molecular flexibility index (Phi) is 3.24. The first-order valence-corrected chi connectivity index (χ1v) is 7.89. The second-order valence-electron chi connectivity index (χ2n) is 5.67. The summed E-state index contributed by atoms with van der Waals surface area (Å²) < 4.78 is 2.36. The van der Waals surface area contributed by atoms with E-state index in [-0.39, 0.29) is 0 Å². The van der Waals surface area contributed by atoms with Crippen molar-refractivity contribution >= 4 is 10.0 Å². The van der Waals surface area contributed by atoms with Gasteiger partial charge in [-0.15, -0.1) is 0 Å². The Hall–Kier alpha value is -0.440. The van der Waals surface area contributed by atoms with Crippen molar-refractivity contribution in [3.8, 4) is 0 Å². The van der Waals surface area contributed by atoms with Crippen LogP contribution in [0.5, 0.6) is 0 Å². The van der Waals surface area contributed by atoms with E-state index in [1.807, 2.05) is 0 Å². The molecule has 0 N–H and O–H groups in total. The maximum Gasteiger partial charge on any atom is 0.101 e. The van der Waals surface area contributed by atoms with Crippen LogP contribution >= 0.6 is 10.0 Å². The number of aromatic nitrogens is 2. The molecular weight excluding hydrogens is 204 g/mol. The molecule has 0 spiro atoms. The van der Waals surface area contributed by atoms with Gasteiger partial charge in [0.15, 0.2) is 0 Å². The lowest BCUT2D eigenvalue weighted by atomic mass is 10.3. The normalized spacial score (nSPS) is 14.7. The molecule has 0 aliphatic heterocycles. The lowest BCUT2D eigenvalue weighted by molar-refractivity contribution is 0.521. The summed E-state index contributed by atoms with van der Waals surface area (Å²) in [6.45, 7) is 11.2. The summed E-state index contributed by atoms with van der Waals surface area (Å²) in [7, 11) is -0.821. The van der Waals surface area contributed by atoms with Gasteiger partial charge in [0.25, 0.3) is 0 Å². The van der Waals surface area contributed by atoms with Crippen LogP contribution in [0.4, 0.5) is 0 Å². The minimum absolute atomic E-state index is 0.309. The molecule has 0 saturated carbocycles. The van der Waals surface area contributed by atoms with Gasteiger partial charge in [-0.2, -0.15) is 15.1 Å². The molecule has 0 aliphatic rings. The molecule has 1 aromatic heterocycles. The highest BCUT2D eigenvalue weighted by Crippen LogP contribution is 2.58. The zero-order chi connectivity index (χ0) is 11.9. The second-order valence-corrected chi connectivity index (χ2v) is 9.96.